The number of fused-ring (bicyclic) bond motifs is 1. The highest BCUT2D eigenvalue weighted by Crippen LogP contribution is 2.31. The van der Waals surface area contributed by atoms with Crippen molar-refractivity contribution in [2.75, 3.05) is 7.11 Å². The van der Waals surface area contributed by atoms with Gasteiger partial charge in [-0.15, -0.1) is 0 Å². The predicted molar refractivity (Wildman–Crippen MR) is 88.2 cm³/mol. The number of benzene rings is 1. The van der Waals surface area contributed by atoms with E-state index in [1.54, 1.807) is 29.8 Å². The highest BCUT2D eigenvalue weighted by atomic mass is 16.5. The van der Waals surface area contributed by atoms with Gasteiger partial charge in [-0.3, -0.25) is 0 Å². The summed E-state index contributed by atoms with van der Waals surface area (Å²) in [4.78, 5) is 15.8. The molecule has 1 aromatic carbocycles. The Balaban J connectivity index is 2.16. The van der Waals surface area contributed by atoms with Crippen molar-refractivity contribution in [3.8, 4) is 17.0 Å². The third-order valence-corrected chi connectivity index (χ3v) is 3.86. The van der Waals surface area contributed by atoms with E-state index in [9.17, 15) is 9.90 Å². The summed E-state index contributed by atoms with van der Waals surface area (Å²) in [5, 5.41) is 9.28. The smallest absolute Gasteiger partial charge is 0.339 e. The van der Waals surface area contributed by atoms with Crippen LogP contribution in [0.5, 0.6) is 5.75 Å². The van der Waals surface area contributed by atoms with Gasteiger partial charge in [0.1, 0.15) is 11.3 Å². The molecule has 0 unspecified atom stereocenters. The molecule has 0 radical (unpaired) electrons. The van der Waals surface area contributed by atoms with Crippen LogP contribution >= 0.6 is 0 Å². The zero-order valence-electron chi connectivity index (χ0n) is 13.3. The number of methoxy groups -OCH3 is 1. The maximum atomic E-state index is 11.3. The second-order valence-electron chi connectivity index (χ2n) is 5.70. The van der Waals surface area contributed by atoms with E-state index in [1.165, 1.54) is 0 Å². The molecule has 5 heteroatoms. The van der Waals surface area contributed by atoms with Gasteiger partial charge in [0, 0.05) is 18.0 Å². The van der Waals surface area contributed by atoms with Gasteiger partial charge in [0.05, 0.1) is 12.8 Å². The van der Waals surface area contributed by atoms with Gasteiger partial charge in [0.2, 0.25) is 0 Å². The van der Waals surface area contributed by atoms with Gasteiger partial charge in [-0.25, -0.2) is 9.78 Å². The molecule has 2 heterocycles. The maximum absolute atomic E-state index is 11.3. The van der Waals surface area contributed by atoms with E-state index in [-0.39, 0.29) is 5.56 Å². The first-order chi connectivity index (χ1) is 11.0. The number of imidazole rings is 1. The molecule has 5 nitrogen and oxygen atoms in total. The fourth-order valence-corrected chi connectivity index (χ4v) is 2.66. The number of carbonyl (C=O) groups is 1. The number of rotatable bonds is 4. The Kier molecular flexibility index (Phi) is 3.78. The summed E-state index contributed by atoms with van der Waals surface area (Å²) < 4.78 is 7.14. The molecule has 0 aliphatic heterocycles. The first-order valence-electron chi connectivity index (χ1n) is 7.40. The summed E-state index contributed by atoms with van der Waals surface area (Å²) in [7, 11) is 1.66. The van der Waals surface area contributed by atoms with Crippen molar-refractivity contribution in [3.05, 3.63) is 53.9 Å². The number of nitrogens with zero attached hydrogens (tertiary/aromatic N) is 2. The molecule has 3 aromatic rings. The van der Waals surface area contributed by atoms with Crippen LogP contribution in [0, 0.1) is 0 Å². The van der Waals surface area contributed by atoms with Crippen LogP contribution in [-0.4, -0.2) is 27.6 Å². The minimum Gasteiger partial charge on any atom is -0.496 e. The normalized spacial score (nSPS) is 11.1. The molecule has 0 bridgehead atoms. The summed E-state index contributed by atoms with van der Waals surface area (Å²) in [6, 6.07) is 9.17. The molecule has 0 saturated carbocycles. The second kappa shape index (κ2) is 5.76. The summed E-state index contributed by atoms with van der Waals surface area (Å²) in [5.41, 5.74) is 3.41. The number of aromatic carboxylic acids is 1. The second-order valence-corrected chi connectivity index (χ2v) is 5.70. The Morgan fingerprint density at radius 3 is 2.74 bits per heavy atom. The van der Waals surface area contributed by atoms with E-state index in [0.717, 1.165) is 22.6 Å². The van der Waals surface area contributed by atoms with E-state index in [4.69, 9.17) is 4.74 Å². The van der Waals surface area contributed by atoms with E-state index >= 15 is 0 Å². The SMILES string of the molecule is COc1ccc(-c2cn3cccc(C(=O)O)c3n2)cc1C(C)C. The zero-order chi connectivity index (χ0) is 16.6. The molecule has 0 fully saturated rings. The Hall–Kier alpha value is -2.82. The minimum atomic E-state index is -0.981. The molecule has 118 valence electrons. The fourth-order valence-electron chi connectivity index (χ4n) is 2.66. The van der Waals surface area contributed by atoms with Crippen molar-refractivity contribution < 1.29 is 14.6 Å². The Labute approximate surface area is 134 Å². The molecular formula is C18H18N2O3. The minimum absolute atomic E-state index is 0.191. The average Bonchev–Trinajstić information content (AvgIpc) is 2.97. The number of ether oxygens (including phenoxy) is 1. The Morgan fingerprint density at radius 2 is 2.09 bits per heavy atom. The topological polar surface area (TPSA) is 63.8 Å². The van der Waals surface area contributed by atoms with Crippen molar-refractivity contribution in [1.29, 1.82) is 0 Å². The number of aromatic nitrogens is 2. The summed E-state index contributed by atoms with van der Waals surface area (Å²) in [6.07, 6.45) is 3.64. The Morgan fingerprint density at radius 1 is 1.30 bits per heavy atom. The molecule has 0 spiro atoms. The van der Waals surface area contributed by atoms with Crippen LogP contribution < -0.4 is 4.74 Å². The lowest BCUT2D eigenvalue weighted by molar-refractivity contribution is 0.0698. The van der Waals surface area contributed by atoms with Gasteiger partial charge in [0.25, 0.3) is 0 Å². The number of pyridine rings is 1. The monoisotopic (exact) mass is 310 g/mol. The molecule has 1 N–H and O–H groups in total. The number of hydrogen-bond acceptors (Lipinski definition) is 3. The number of hydrogen-bond donors (Lipinski definition) is 1. The summed E-state index contributed by atoms with van der Waals surface area (Å²) in [5.74, 6) is 0.181. The van der Waals surface area contributed by atoms with Gasteiger partial charge < -0.3 is 14.2 Å². The van der Waals surface area contributed by atoms with Crippen LogP contribution in [-0.2, 0) is 0 Å². The van der Waals surface area contributed by atoms with Crippen molar-refractivity contribution in [1.82, 2.24) is 9.38 Å². The first-order valence-corrected chi connectivity index (χ1v) is 7.40. The first kappa shape index (κ1) is 15.1. The highest BCUT2D eigenvalue weighted by Gasteiger charge is 2.14. The lowest BCUT2D eigenvalue weighted by atomic mass is 9.98. The van der Waals surface area contributed by atoms with Gasteiger partial charge in [-0.2, -0.15) is 0 Å². The number of carboxylic acid groups (broad SMARTS) is 1. The molecule has 0 aliphatic rings. The maximum Gasteiger partial charge on any atom is 0.339 e. The van der Waals surface area contributed by atoms with Gasteiger partial charge in [-0.05, 0) is 41.8 Å². The molecule has 3 rings (SSSR count). The molecular weight excluding hydrogens is 292 g/mol. The lowest BCUT2D eigenvalue weighted by Gasteiger charge is -2.12. The lowest BCUT2D eigenvalue weighted by Crippen LogP contribution is -1.99. The Bertz CT molecular complexity index is 881. The van der Waals surface area contributed by atoms with Crippen LogP contribution in [0.15, 0.2) is 42.7 Å². The molecule has 0 atom stereocenters. The van der Waals surface area contributed by atoms with Crippen molar-refractivity contribution in [3.63, 3.8) is 0 Å². The van der Waals surface area contributed by atoms with Crippen LogP contribution in [0.25, 0.3) is 16.9 Å². The van der Waals surface area contributed by atoms with E-state index in [1.807, 2.05) is 24.4 Å². The van der Waals surface area contributed by atoms with Crippen LogP contribution in [0.1, 0.15) is 35.7 Å². The predicted octanol–water partition coefficient (Wildman–Crippen LogP) is 3.83. The molecule has 0 amide bonds. The molecule has 23 heavy (non-hydrogen) atoms. The van der Waals surface area contributed by atoms with E-state index < -0.39 is 5.97 Å². The largest absolute Gasteiger partial charge is 0.496 e. The van der Waals surface area contributed by atoms with Crippen molar-refractivity contribution in [2.45, 2.75) is 19.8 Å². The zero-order valence-corrected chi connectivity index (χ0v) is 13.3. The highest BCUT2D eigenvalue weighted by molar-refractivity contribution is 5.94. The molecule has 2 aromatic heterocycles. The van der Waals surface area contributed by atoms with Gasteiger partial charge >= 0.3 is 5.97 Å². The van der Waals surface area contributed by atoms with Crippen molar-refractivity contribution >= 4 is 11.6 Å². The summed E-state index contributed by atoms with van der Waals surface area (Å²) in [6.45, 7) is 4.21. The van der Waals surface area contributed by atoms with Crippen LogP contribution in [0.2, 0.25) is 0 Å². The fraction of sp³-hybridized carbons (Fsp3) is 0.222. The number of carboxylic acids is 1. The quantitative estimate of drug-likeness (QED) is 0.795. The van der Waals surface area contributed by atoms with Gasteiger partial charge in [-0.1, -0.05) is 13.8 Å². The van der Waals surface area contributed by atoms with Crippen molar-refractivity contribution in [2.24, 2.45) is 0 Å². The molecule has 0 aliphatic carbocycles. The van der Waals surface area contributed by atoms with Gasteiger partial charge in [0.15, 0.2) is 5.65 Å². The molecule has 0 saturated heterocycles. The third kappa shape index (κ3) is 2.65. The van der Waals surface area contributed by atoms with Crippen LogP contribution in [0.4, 0.5) is 0 Å². The van der Waals surface area contributed by atoms with E-state index in [0.29, 0.717) is 11.6 Å². The standard InChI is InChI=1S/C18H18N2O3/c1-11(2)14-9-12(6-7-16(14)23-3)15-10-20-8-4-5-13(18(21)22)17(20)19-15/h4-11H,1-3H3,(H,21,22). The van der Waals surface area contributed by atoms with Crippen LogP contribution in [0.3, 0.4) is 0 Å². The van der Waals surface area contributed by atoms with E-state index in [2.05, 4.69) is 18.8 Å². The summed E-state index contributed by atoms with van der Waals surface area (Å²) >= 11 is 0. The average molecular weight is 310 g/mol. The third-order valence-electron chi connectivity index (χ3n) is 3.86.